The van der Waals surface area contributed by atoms with Gasteiger partial charge in [0.25, 0.3) is 0 Å². The molecule has 1 aliphatic rings. The molecule has 0 aromatic heterocycles. The van der Waals surface area contributed by atoms with Crippen LogP contribution in [0.3, 0.4) is 0 Å². The Bertz CT molecular complexity index is 147. The minimum atomic E-state index is -0.373. The third-order valence-electron chi connectivity index (χ3n) is 2.48. The highest BCUT2D eigenvalue weighted by atomic mass is 16.5. The van der Waals surface area contributed by atoms with Crippen molar-refractivity contribution in [3.8, 4) is 0 Å². The molecule has 84 valence electrons. The largest absolute Gasteiger partial charge is 0.391 e. The molecule has 0 spiro atoms. The van der Waals surface area contributed by atoms with Crippen molar-refractivity contribution in [3.05, 3.63) is 0 Å². The highest BCUT2D eigenvalue weighted by molar-refractivity contribution is 4.79. The van der Waals surface area contributed by atoms with Crippen LogP contribution in [0.1, 0.15) is 39.5 Å². The topological polar surface area (TPSA) is 38.7 Å². The number of aliphatic hydroxyl groups is 1. The van der Waals surface area contributed by atoms with E-state index in [4.69, 9.17) is 14.6 Å². The zero-order chi connectivity index (χ0) is 10.4. The van der Waals surface area contributed by atoms with Crippen molar-refractivity contribution in [1.82, 2.24) is 0 Å². The first-order valence-electron chi connectivity index (χ1n) is 5.65. The van der Waals surface area contributed by atoms with Gasteiger partial charge in [-0.15, -0.1) is 0 Å². The van der Waals surface area contributed by atoms with Crippen molar-refractivity contribution < 1.29 is 14.6 Å². The fourth-order valence-electron chi connectivity index (χ4n) is 1.81. The number of aliphatic hydroxyl groups excluding tert-OH is 1. The lowest BCUT2D eigenvalue weighted by Gasteiger charge is -2.21. The molecule has 3 atom stereocenters. The predicted molar refractivity (Wildman–Crippen MR) is 55.3 cm³/mol. The molecule has 0 aromatic carbocycles. The Kier molecular flexibility index (Phi) is 5.45. The SMILES string of the molecule is CCCOC1CCCC1OCC(C)O. The molecule has 14 heavy (non-hydrogen) atoms. The van der Waals surface area contributed by atoms with Gasteiger partial charge >= 0.3 is 0 Å². The highest BCUT2D eigenvalue weighted by Crippen LogP contribution is 2.25. The Morgan fingerprint density at radius 1 is 1.29 bits per heavy atom. The molecule has 0 aliphatic heterocycles. The maximum atomic E-state index is 9.11. The van der Waals surface area contributed by atoms with Gasteiger partial charge in [-0.25, -0.2) is 0 Å². The van der Waals surface area contributed by atoms with Gasteiger partial charge in [0.2, 0.25) is 0 Å². The summed E-state index contributed by atoms with van der Waals surface area (Å²) in [7, 11) is 0. The summed E-state index contributed by atoms with van der Waals surface area (Å²) >= 11 is 0. The molecule has 1 rings (SSSR count). The van der Waals surface area contributed by atoms with Crippen LogP contribution in [-0.2, 0) is 9.47 Å². The van der Waals surface area contributed by atoms with Gasteiger partial charge in [-0.2, -0.15) is 0 Å². The van der Waals surface area contributed by atoms with Crippen molar-refractivity contribution in [1.29, 1.82) is 0 Å². The van der Waals surface area contributed by atoms with Crippen LogP contribution in [0, 0.1) is 0 Å². The minimum Gasteiger partial charge on any atom is -0.391 e. The highest BCUT2D eigenvalue weighted by Gasteiger charge is 2.28. The fraction of sp³-hybridized carbons (Fsp3) is 1.00. The Balaban J connectivity index is 2.21. The lowest BCUT2D eigenvalue weighted by atomic mass is 10.2. The molecule has 0 radical (unpaired) electrons. The van der Waals surface area contributed by atoms with Crippen molar-refractivity contribution in [3.63, 3.8) is 0 Å². The molecule has 0 heterocycles. The van der Waals surface area contributed by atoms with Gasteiger partial charge in [0.1, 0.15) is 0 Å². The zero-order valence-corrected chi connectivity index (χ0v) is 9.24. The minimum absolute atomic E-state index is 0.205. The summed E-state index contributed by atoms with van der Waals surface area (Å²) in [5.74, 6) is 0. The normalized spacial score (nSPS) is 29.4. The predicted octanol–water partition coefficient (Wildman–Crippen LogP) is 1.73. The fourth-order valence-corrected chi connectivity index (χ4v) is 1.81. The number of rotatable bonds is 6. The second-order valence-electron chi connectivity index (χ2n) is 4.06. The second-order valence-corrected chi connectivity index (χ2v) is 4.06. The Morgan fingerprint density at radius 3 is 2.50 bits per heavy atom. The zero-order valence-electron chi connectivity index (χ0n) is 9.24. The Labute approximate surface area is 86.4 Å². The van der Waals surface area contributed by atoms with Gasteiger partial charge < -0.3 is 14.6 Å². The second kappa shape index (κ2) is 6.38. The first kappa shape index (κ1) is 12.0. The van der Waals surface area contributed by atoms with E-state index in [1.807, 2.05) is 0 Å². The molecule has 1 aliphatic carbocycles. The van der Waals surface area contributed by atoms with Gasteiger partial charge in [-0.1, -0.05) is 6.92 Å². The average molecular weight is 202 g/mol. The van der Waals surface area contributed by atoms with Crippen molar-refractivity contribution >= 4 is 0 Å². The summed E-state index contributed by atoms with van der Waals surface area (Å²) in [6, 6.07) is 0. The molecule has 1 N–H and O–H groups in total. The lowest BCUT2D eigenvalue weighted by Crippen LogP contribution is -2.29. The van der Waals surface area contributed by atoms with Crippen LogP contribution in [0.15, 0.2) is 0 Å². The van der Waals surface area contributed by atoms with E-state index in [1.165, 1.54) is 6.42 Å². The van der Waals surface area contributed by atoms with Crippen molar-refractivity contribution in [2.75, 3.05) is 13.2 Å². The van der Waals surface area contributed by atoms with Crippen molar-refractivity contribution in [2.45, 2.75) is 57.8 Å². The first-order chi connectivity index (χ1) is 6.74. The van der Waals surface area contributed by atoms with Gasteiger partial charge in [0.05, 0.1) is 24.9 Å². The molecule has 0 amide bonds. The van der Waals surface area contributed by atoms with Crippen molar-refractivity contribution in [2.24, 2.45) is 0 Å². The van der Waals surface area contributed by atoms with Crippen LogP contribution in [-0.4, -0.2) is 36.6 Å². The van der Waals surface area contributed by atoms with E-state index in [0.717, 1.165) is 25.9 Å². The molecule has 1 saturated carbocycles. The standard InChI is InChI=1S/C11H22O3/c1-3-7-13-10-5-4-6-11(10)14-8-9(2)12/h9-12H,3-8H2,1-2H3. The lowest BCUT2D eigenvalue weighted by molar-refractivity contribution is -0.0746. The van der Waals surface area contributed by atoms with E-state index < -0.39 is 0 Å². The van der Waals surface area contributed by atoms with Gasteiger partial charge in [0.15, 0.2) is 0 Å². The third kappa shape index (κ3) is 3.95. The monoisotopic (exact) mass is 202 g/mol. The van der Waals surface area contributed by atoms with Gasteiger partial charge in [-0.05, 0) is 32.6 Å². The molecule has 3 nitrogen and oxygen atoms in total. The molecule has 0 aromatic rings. The van der Waals surface area contributed by atoms with Crippen LogP contribution in [0.5, 0.6) is 0 Å². The van der Waals surface area contributed by atoms with E-state index in [1.54, 1.807) is 6.92 Å². The smallest absolute Gasteiger partial charge is 0.0838 e. The third-order valence-corrected chi connectivity index (χ3v) is 2.48. The van der Waals surface area contributed by atoms with E-state index >= 15 is 0 Å². The number of hydrogen-bond donors (Lipinski definition) is 1. The van der Waals surface area contributed by atoms with Crippen LogP contribution >= 0.6 is 0 Å². The first-order valence-corrected chi connectivity index (χ1v) is 5.65. The molecule has 0 bridgehead atoms. The summed E-state index contributed by atoms with van der Waals surface area (Å²) < 4.78 is 11.3. The molecule has 1 fully saturated rings. The van der Waals surface area contributed by atoms with E-state index in [9.17, 15) is 0 Å². The number of hydrogen-bond acceptors (Lipinski definition) is 3. The summed E-state index contributed by atoms with van der Waals surface area (Å²) in [6.07, 6.45) is 4.50. The maximum Gasteiger partial charge on any atom is 0.0838 e. The van der Waals surface area contributed by atoms with E-state index in [0.29, 0.717) is 6.61 Å². The van der Waals surface area contributed by atoms with Crippen LogP contribution in [0.25, 0.3) is 0 Å². The van der Waals surface area contributed by atoms with E-state index in [-0.39, 0.29) is 18.3 Å². The summed E-state index contributed by atoms with van der Waals surface area (Å²) in [5.41, 5.74) is 0. The molecular formula is C11H22O3. The quantitative estimate of drug-likeness (QED) is 0.713. The Hall–Kier alpha value is -0.120. The summed E-state index contributed by atoms with van der Waals surface area (Å²) in [4.78, 5) is 0. The number of ether oxygens (including phenoxy) is 2. The van der Waals surface area contributed by atoms with Gasteiger partial charge in [-0.3, -0.25) is 0 Å². The van der Waals surface area contributed by atoms with Crippen LogP contribution < -0.4 is 0 Å². The van der Waals surface area contributed by atoms with Crippen LogP contribution in [0.2, 0.25) is 0 Å². The Morgan fingerprint density at radius 2 is 1.93 bits per heavy atom. The molecule has 3 heteroatoms. The molecule has 0 saturated heterocycles. The summed E-state index contributed by atoms with van der Waals surface area (Å²) in [5, 5.41) is 9.11. The van der Waals surface area contributed by atoms with Crippen LogP contribution in [0.4, 0.5) is 0 Å². The van der Waals surface area contributed by atoms with E-state index in [2.05, 4.69) is 6.92 Å². The molecule has 3 unspecified atom stereocenters. The average Bonchev–Trinajstić information content (AvgIpc) is 2.58. The van der Waals surface area contributed by atoms with Gasteiger partial charge in [0, 0.05) is 6.61 Å². The molecular weight excluding hydrogens is 180 g/mol. The maximum absolute atomic E-state index is 9.11. The summed E-state index contributed by atoms with van der Waals surface area (Å²) in [6.45, 7) is 5.10.